The van der Waals surface area contributed by atoms with Crippen LogP contribution < -0.4 is 21.6 Å². The standard InChI is InChI=1S/C10H16N5O2/c11-10-8(15(16)17)3-4-9(14-10)13-7-2-1-5-12-6-7/h3-4,7,12,15H,1-2,5-6H2,(H3,11,13,14)/q-1. The van der Waals surface area contributed by atoms with Gasteiger partial charge in [0.25, 0.3) is 0 Å². The number of nitrogens with zero attached hydrogens (tertiary/aromatic N) is 1. The van der Waals surface area contributed by atoms with Crippen LogP contribution in [0, 0.1) is 10.4 Å². The summed E-state index contributed by atoms with van der Waals surface area (Å²) in [7, 11) is 0. The quantitative estimate of drug-likeness (QED) is 0.520. The zero-order valence-electron chi connectivity index (χ0n) is 9.40. The minimum absolute atomic E-state index is 0.0150. The van der Waals surface area contributed by atoms with Crippen molar-refractivity contribution in [3.63, 3.8) is 0 Å². The van der Waals surface area contributed by atoms with Crippen LogP contribution in [0.1, 0.15) is 12.8 Å². The van der Waals surface area contributed by atoms with Crippen LogP contribution in [0.2, 0.25) is 0 Å². The predicted molar refractivity (Wildman–Crippen MR) is 65.5 cm³/mol. The first kappa shape index (κ1) is 12.1. The van der Waals surface area contributed by atoms with Gasteiger partial charge in [-0.15, -0.1) is 0 Å². The molecule has 7 nitrogen and oxygen atoms in total. The lowest BCUT2D eigenvalue weighted by molar-refractivity contribution is -0.714. The second-order valence-corrected chi connectivity index (χ2v) is 4.10. The van der Waals surface area contributed by atoms with E-state index in [2.05, 4.69) is 15.6 Å². The molecule has 0 saturated carbocycles. The zero-order valence-corrected chi connectivity index (χ0v) is 9.40. The van der Waals surface area contributed by atoms with Gasteiger partial charge < -0.3 is 32.0 Å². The molecule has 1 aliphatic rings. The van der Waals surface area contributed by atoms with Crippen molar-refractivity contribution in [2.45, 2.75) is 18.9 Å². The molecule has 1 saturated heterocycles. The molecular weight excluding hydrogens is 222 g/mol. The number of aromatic nitrogens is 1. The fourth-order valence-corrected chi connectivity index (χ4v) is 1.91. The molecule has 1 unspecified atom stereocenters. The lowest BCUT2D eigenvalue weighted by Gasteiger charge is -2.27. The molecule has 7 heteroatoms. The molecule has 0 bridgehead atoms. The van der Waals surface area contributed by atoms with Gasteiger partial charge in [0.15, 0.2) is 11.5 Å². The van der Waals surface area contributed by atoms with Gasteiger partial charge in [0.2, 0.25) is 0 Å². The van der Waals surface area contributed by atoms with E-state index in [-0.39, 0.29) is 11.5 Å². The normalized spacial score (nSPS) is 20.5. The zero-order chi connectivity index (χ0) is 12.3. The van der Waals surface area contributed by atoms with Gasteiger partial charge in [-0.3, -0.25) is 0 Å². The van der Waals surface area contributed by atoms with Gasteiger partial charge in [0.05, 0.1) is 0 Å². The van der Waals surface area contributed by atoms with Gasteiger partial charge in [-0.05, 0) is 25.5 Å². The van der Waals surface area contributed by atoms with Crippen molar-refractivity contribution >= 4 is 17.3 Å². The predicted octanol–water partition coefficient (Wildman–Crippen LogP) is -0.660. The van der Waals surface area contributed by atoms with Crippen molar-refractivity contribution < 1.29 is 5.23 Å². The average Bonchev–Trinajstić information content (AvgIpc) is 2.30. The van der Waals surface area contributed by atoms with E-state index in [1.165, 1.54) is 6.07 Å². The largest absolute Gasteiger partial charge is 0.628 e. The molecule has 1 aliphatic heterocycles. The lowest BCUT2D eigenvalue weighted by atomic mass is 10.1. The van der Waals surface area contributed by atoms with Crippen LogP contribution in [0.15, 0.2) is 12.1 Å². The molecule has 1 aromatic rings. The molecule has 2 rings (SSSR count). The van der Waals surface area contributed by atoms with Gasteiger partial charge in [0.1, 0.15) is 5.82 Å². The Kier molecular flexibility index (Phi) is 3.75. The smallest absolute Gasteiger partial charge is 0.188 e. The van der Waals surface area contributed by atoms with E-state index in [0.29, 0.717) is 11.9 Å². The summed E-state index contributed by atoms with van der Waals surface area (Å²) in [5, 5.41) is 26.5. The van der Waals surface area contributed by atoms with Crippen molar-refractivity contribution in [2.75, 3.05) is 24.1 Å². The molecule has 2 heterocycles. The minimum atomic E-state index is -1.30. The Hall–Kier alpha value is -1.41. The second kappa shape index (κ2) is 5.28. The van der Waals surface area contributed by atoms with Crippen molar-refractivity contribution in [1.29, 1.82) is 0 Å². The highest BCUT2D eigenvalue weighted by molar-refractivity contribution is 5.57. The Morgan fingerprint density at radius 3 is 2.88 bits per heavy atom. The number of hydrogen-bond donors (Lipinski definition) is 4. The third-order valence-corrected chi connectivity index (χ3v) is 2.79. The Morgan fingerprint density at radius 2 is 2.29 bits per heavy atom. The third-order valence-electron chi connectivity index (χ3n) is 2.79. The molecule has 1 aromatic heterocycles. The first-order chi connectivity index (χ1) is 8.16. The fraction of sp³-hybridized carbons (Fsp3) is 0.500. The number of piperidine rings is 1. The van der Waals surface area contributed by atoms with Gasteiger partial charge in [-0.25, -0.2) is 4.98 Å². The van der Waals surface area contributed by atoms with Gasteiger partial charge >= 0.3 is 0 Å². The highest BCUT2D eigenvalue weighted by atomic mass is 16.8. The van der Waals surface area contributed by atoms with Crippen molar-refractivity contribution in [3.8, 4) is 0 Å². The maximum Gasteiger partial charge on any atom is 0.188 e. The van der Waals surface area contributed by atoms with Crippen LogP contribution in [0.25, 0.3) is 0 Å². The monoisotopic (exact) mass is 238 g/mol. The van der Waals surface area contributed by atoms with Gasteiger partial charge in [-0.1, -0.05) is 0 Å². The number of nitrogens with one attached hydrogen (secondary N) is 3. The molecule has 0 aliphatic carbocycles. The summed E-state index contributed by atoms with van der Waals surface area (Å²) in [5.41, 5.74) is 5.47. The Balaban J connectivity index is 2.04. The van der Waals surface area contributed by atoms with E-state index in [9.17, 15) is 10.4 Å². The summed E-state index contributed by atoms with van der Waals surface area (Å²) in [6, 6.07) is 3.33. The summed E-state index contributed by atoms with van der Waals surface area (Å²) in [5.74, 6) is 0.583. The van der Waals surface area contributed by atoms with Crippen molar-refractivity contribution in [3.05, 3.63) is 22.5 Å². The molecule has 94 valence electrons. The number of anilines is 2. The van der Waals surface area contributed by atoms with Crippen LogP contribution in [-0.2, 0) is 0 Å². The fourth-order valence-electron chi connectivity index (χ4n) is 1.91. The van der Waals surface area contributed by atoms with E-state index in [4.69, 9.17) is 5.73 Å². The molecule has 5 N–H and O–H groups in total. The van der Waals surface area contributed by atoms with E-state index >= 15 is 0 Å². The van der Waals surface area contributed by atoms with Crippen LogP contribution in [0.5, 0.6) is 0 Å². The number of quaternary nitrogens is 1. The molecular formula is C10H16N5O2-. The maximum absolute atomic E-state index is 10.7. The number of pyridine rings is 1. The molecule has 0 radical (unpaired) electrons. The van der Waals surface area contributed by atoms with E-state index < -0.39 is 5.23 Å². The highest BCUT2D eigenvalue weighted by Crippen LogP contribution is 2.16. The SMILES string of the molecule is Nc1nc(NC2CCCNC2)ccc1[NH+]([O-])[O-]. The van der Waals surface area contributed by atoms with Crippen LogP contribution in [0.3, 0.4) is 0 Å². The first-order valence-corrected chi connectivity index (χ1v) is 5.62. The summed E-state index contributed by atoms with van der Waals surface area (Å²) >= 11 is 0. The summed E-state index contributed by atoms with van der Waals surface area (Å²) in [4.78, 5) is 4.01. The summed E-state index contributed by atoms with van der Waals surface area (Å²) in [6.45, 7) is 1.92. The number of nitrogen functional groups attached to an aromatic ring is 1. The first-order valence-electron chi connectivity index (χ1n) is 5.62. The minimum Gasteiger partial charge on any atom is -0.628 e. The van der Waals surface area contributed by atoms with Crippen molar-refractivity contribution in [1.82, 2.24) is 10.3 Å². The number of nitrogens with two attached hydrogens (primary N) is 1. The summed E-state index contributed by atoms with van der Waals surface area (Å²) in [6.07, 6.45) is 2.18. The van der Waals surface area contributed by atoms with E-state index in [1.54, 1.807) is 6.07 Å². The van der Waals surface area contributed by atoms with E-state index in [1.807, 2.05) is 0 Å². The lowest BCUT2D eigenvalue weighted by Crippen LogP contribution is -2.96. The van der Waals surface area contributed by atoms with Crippen LogP contribution in [-0.4, -0.2) is 24.1 Å². The number of rotatable bonds is 3. The molecule has 0 aromatic carbocycles. The topological polar surface area (TPSA) is 114 Å². The maximum atomic E-state index is 10.7. The summed E-state index contributed by atoms with van der Waals surface area (Å²) < 4.78 is 0. The Labute approximate surface area is 99.2 Å². The molecule has 1 atom stereocenters. The Bertz CT molecular complexity index is 379. The molecule has 0 spiro atoms. The molecule has 1 fully saturated rings. The third kappa shape index (κ3) is 3.04. The Morgan fingerprint density at radius 1 is 1.47 bits per heavy atom. The van der Waals surface area contributed by atoms with E-state index in [0.717, 1.165) is 25.9 Å². The van der Waals surface area contributed by atoms with Gasteiger partial charge in [-0.2, -0.15) is 0 Å². The van der Waals surface area contributed by atoms with Crippen molar-refractivity contribution in [2.24, 2.45) is 0 Å². The number of hydrogen-bond acceptors (Lipinski definition) is 6. The highest BCUT2D eigenvalue weighted by Gasteiger charge is 2.13. The second-order valence-electron chi connectivity index (χ2n) is 4.10. The van der Waals surface area contributed by atoms with Crippen LogP contribution >= 0.6 is 0 Å². The molecule has 0 amide bonds. The molecule has 17 heavy (non-hydrogen) atoms. The average molecular weight is 238 g/mol. The van der Waals surface area contributed by atoms with Crippen LogP contribution in [0.4, 0.5) is 17.3 Å². The van der Waals surface area contributed by atoms with Gasteiger partial charge in [0, 0.05) is 18.7 Å².